The standard InChI is InChI=1S/C14H17FN2O2S/c1-19-14(18)9-3-2-6-17(8-9)12-5-4-10(15)7-11(12)13(16)20/h4-5,7,9H,2-3,6,8H2,1H3,(H2,16,20). The van der Waals surface area contributed by atoms with Crippen LogP contribution in [0, 0.1) is 11.7 Å². The number of anilines is 1. The average molecular weight is 296 g/mol. The molecule has 1 saturated heterocycles. The molecule has 6 heteroatoms. The Morgan fingerprint density at radius 1 is 1.55 bits per heavy atom. The van der Waals surface area contributed by atoms with Crippen LogP contribution < -0.4 is 10.6 Å². The van der Waals surface area contributed by atoms with E-state index in [4.69, 9.17) is 22.7 Å². The molecule has 2 N–H and O–H groups in total. The van der Waals surface area contributed by atoms with Crippen molar-refractivity contribution in [2.45, 2.75) is 12.8 Å². The summed E-state index contributed by atoms with van der Waals surface area (Å²) in [5, 5.41) is 0. The third-order valence-corrected chi connectivity index (χ3v) is 3.74. The van der Waals surface area contributed by atoms with Crippen LogP contribution in [-0.2, 0) is 9.53 Å². The maximum Gasteiger partial charge on any atom is 0.310 e. The van der Waals surface area contributed by atoms with E-state index in [0.29, 0.717) is 12.1 Å². The second-order valence-corrected chi connectivity index (χ2v) is 5.27. The van der Waals surface area contributed by atoms with Gasteiger partial charge >= 0.3 is 5.97 Å². The van der Waals surface area contributed by atoms with Gasteiger partial charge in [0.2, 0.25) is 0 Å². The number of hydrogen-bond acceptors (Lipinski definition) is 4. The number of halogens is 1. The molecule has 0 saturated carbocycles. The van der Waals surface area contributed by atoms with Gasteiger partial charge in [-0.05, 0) is 31.0 Å². The number of piperidine rings is 1. The highest BCUT2D eigenvalue weighted by Gasteiger charge is 2.27. The molecule has 4 nitrogen and oxygen atoms in total. The summed E-state index contributed by atoms with van der Waals surface area (Å²) in [6.45, 7) is 1.32. The van der Waals surface area contributed by atoms with Gasteiger partial charge in [-0.1, -0.05) is 12.2 Å². The number of methoxy groups -OCH3 is 1. The molecule has 20 heavy (non-hydrogen) atoms. The summed E-state index contributed by atoms with van der Waals surface area (Å²) >= 11 is 4.98. The Labute approximate surface area is 122 Å². The van der Waals surface area contributed by atoms with Crippen molar-refractivity contribution in [2.75, 3.05) is 25.1 Å². The highest BCUT2D eigenvalue weighted by molar-refractivity contribution is 7.80. The van der Waals surface area contributed by atoms with Gasteiger partial charge in [-0.25, -0.2) is 4.39 Å². The topological polar surface area (TPSA) is 55.6 Å². The third kappa shape index (κ3) is 3.07. The van der Waals surface area contributed by atoms with Crippen LogP contribution in [0.1, 0.15) is 18.4 Å². The van der Waals surface area contributed by atoms with Gasteiger partial charge in [-0.15, -0.1) is 0 Å². The average Bonchev–Trinajstić information content (AvgIpc) is 2.46. The zero-order chi connectivity index (χ0) is 14.7. The Morgan fingerprint density at radius 3 is 2.95 bits per heavy atom. The van der Waals surface area contributed by atoms with Gasteiger partial charge in [-0.2, -0.15) is 0 Å². The molecule has 0 radical (unpaired) electrons. The SMILES string of the molecule is COC(=O)C1CCCN(c2ccc(F)cc2C(N)=S)C1. The van der Waals surface area contributed by atoms with Gasteiger partial charge in [-0.3, -0.25) is 4.79 Å². The van der Waals surface area contributed by atoms with E-state index in [-0.39, 0.29) is 22.7 Å². The number of esters is 1. The zero-order valence-electron chi connectivity index (χ0n) is 11.3. The summed E-state index contributed by atoms with van der Waals surface area (Å²) < 4.78 is 18.1. The number of nitrogens with two attached hydrogens (primary N) is 1. The molecule has 108 valence electrons. The molecule has 1 unspecified atom stereocenters. The number of nitrogens with zero attached hydrogens (tertiary/aromatic N) is 1. The molecule has 1 heterocycles. The third-order valence-electron chi connectivity index (χ3n) is 3.52. The van der Waals surface area contributed by atoms with E-state index >= 15 is 0 Å². The van der Waals surface area contributed by atoms with E-state index < -0.39 is 0 Å². The highest BCUT2D eigenvalue weighted by atomic mass is 32.1. The predicted octanol–water partition coefficient (Wildman–Crippen LogP) is 1.85. The maximum atomic E-state index is 13.3. The quantitative estimate of drug-likeness (QED) is 0.681. The molecular weight excluding hydrogens is 279 g/mol. The van der Waals surface area contributed by atoms with Crippen LogP contribution in [0.4, 0.5) is 10.1 Å². The molecule has 0 spiro atoms. The van der Waals surface area contributed by atoms with Crippen LogP contribution in [0.25, 0.3) is 0 Å². The molecule has 1 aliphatic rings. The lowest BCUT2D eigenvalue weighted by Gasteiger charge is -2.34. The molecule has 0 bridgehead atoms. The Balaban J connectivity index is 2.27. The molecular formula is C14H17FN2O2S. The minimum absolute atomic E-state index is 0.152. The number of rotatable bonds is 3. The Kier molecular flexibility index (Phi) is 4.54. The van der Waals surface area contributed by atoms with Crippen molar-refractivity contribution in [3.8, 4) is 0 Å². The van der Waals surface area contributed by atoms with Gasteiger partial charge in [0.25, 0.3) is 0 Å². The molecule has 1 aliphatic heterocycles. The fraction of sp³-hybridized carbons (Fsp3) is 0.429. The van der Waals surface area contributed by atoms with Crippen LogP contribution in [0.15, 0.2) is 18.2 Å². The first-order valence-corrected chi connectivity index (χ1v) is 6.86. The molecule has 1 atom stereocenters. The van der Waals surface area contributed by atoms with E-state index in [1.165, 1.54) is 19.2 Å². The van der Waals surface area contributed by atoms with Crippen molar-refractivity contribution >= 4 is 28.9 Å². The first-order chi connectivity index (χ1) is 9.52. The van der Waals surface area contributed by atoms with Crippen LogP contribution in [0.3, 0.4) is 0 Å². The van der Waals surface area contributed by atoms with Gasteiger partial charge in [0.15, 0.2) is 0 Å². The van der Waals surface area contributed by atoms with E-state index in [1.54, 1.807) is 6.07 Å². The van der Waals surface area contributed by atoms with Crippen molar-refractivity contribution in [3.63, 3.8) is 0 Å². The molecule has 0 amide bonds. The second-order valence-electron chi connectivity index (χ2n) is 4.83. The predicted molar refractivity (Wildman–Crippen MR) is 79.2 cm³/mol. The lowest BCUT2D eigenvalue weighted by Crippen LogP contribution is -2.40. The van der Waals surface area contributed by atoms with Gasteiger partial charge < -0.3 is 15.4 Å². The molecule has 1 aromatic rings. The zero-order valence-corrected chi connectivity index (χ0v) is 12.1. The summed E-state index contributed by atoms with van der Waals surface area (Å²) in [6, 6.07) is 4.36. The number of carbonyl (C=O) groups is 1. The Morgan fingerprint density at radius 2 is 2.30 bits per heavy atom. The minimum atomic E-state index is -0.377. The number of thiocarbonyl (C=S) groups is 1. The van der Waals surface area contributed by atoms with Crippen molar-refractivity contribution < 1.29 is 13.9 Å². The number of benzene rings is 1. The Bertz CT molecular complexity index is 536. The van der Waals surface area contributed by atoms with E-state index in [2.05, 4.69) is 0 Å². The normalized spacial score (nSPS) is 18.7. The van der Waals surface area contributed by atoms with Crippen LogP contribution in [0.2, 0.25) is 0 Å². The van der Waals surface area contributed by atoms with Crippen LogP contribution in [-0.4, -0.2) is 31.2 Å². The number of ether oxygens (including phenoxy) is 1. The molecule has 2 rings (SSSR count). The van der Waals surface area contributed by atoms with Crippen molar-refractivity contribution in [1.82, 2.24) is 0 Å². The fourth-order valence-corrected chi connectivity index (χ4v) is 2.70. The summed E-state index contributed by atoms with van der Waals surface area (Å²) in [7, 11) is 1.39. The Hall–Kier alpha value is -1.69. The number of hydrogen-bond donors (Lipinski definition) is 1. The van der Waals surface area contributed by atoms with Gasteiger partial charge in [0.05, 0.1) is 13.0 Å². The smallest absolute Gasteiger partial charge is 0.310 e. The maximum absolute atomic E-state index is 13.3. The molecule has 0 aliphatic carbocycles. The largest absolute Gasteiger partial charge is 0.469 e. The summed E-state index contributed by atoms with van der Waals surface area (Å²) in [4.78, 5) is 13.8. The van der Waals surface area contributed by atoms with Crippen molar-refractivity contribution in [1.29, 1.82) is 0 Å². The second kappa shape index (κ2) is 6.17. The van der Waals surface area contributed by atoms with Crippen LogP contribution in [0.5, 0.6) is 0 Å². The highest BCUT2D eigenvalue weighted by Crippen LogP contribution is 2.27. The van der Waals surface area contributed by atoms with E-state index in [9.17, 15) is 9.18 Å². The lowest BCUT2D eigenvalue weighted by atomic mass is 9.97. The van der Waals surface area contributed by atoms with Crippen LogP contribution >= 0.6 is 12.2 Å². The van der Waals surface area contributed by atoms with Gasteiger partial charge in [0.1, 0.15) is 10.8 Å². The lowest BCUT2D eigenvalue weighted by molar-refractivity contribution is -0.145. The summed E-state index contributed by atoms with van der Waals surface area (Å²) in [5.74, 6) is -0.759. The summed E-state index contributed by atoms with van der Waals surface area (Å²) in [6.07, 6.45) is 1.67. The first kappa shape index (κ1) is 14.7. The molecule has 1 aromatic carbocycles. The fourth-order valence-electron chi connectivity index (χ4n) is 2.54. The van der Waals surface area contributed by atoms with E-state index in [1.807, 2.05) is 4.90 Å². The van der Waals surface area contributed by atoms with Crippen molar-refractivity contribution in [3.05, 3.63) is 29.6 Å². The van der Waals surface area contributed by atoms with Gasteiger partial charge in [0, 0.05) is 24.3 Å². The molecule has 0 aromatic heterocycles. The minimum Gasteiger partial charge on any atom is -0.469 e. The first-order valence-electron chi connectivity index (χ1n) is 6.45. The van der Waals surface area contributed by atoms with E-state index in [0.717, 1.165) is 25.1 Å². The monoisotopic (exact) mass is 296 g/mol. The molecule has 1 fully saturated rings. The summed E-state index contributed by atoms with van der Waals surface area (Å²) in [5.41, 5.74) is 6.93. The number of carbonyl (C=O) groups excluding carboxylic acids is 1. The van der Waals surface area contributed by atoms with Crippen molar-refractivity contribution in [2.24, 2.45) is 11.7 Å².